The molecule has 0 radical (unpaired) electrons. The van der Waals surface area contributed by atoms with E-state index in [9.17, 15) is 46.8 Å². The van der Waals surface area contributed by atoms with E-state index in [4.69, 9.17) is 56.8 Å². The van der Waals surface area contributed by atoms with Crippen molar-refractivity contribution in [3.8, 4) is 11.5 Å². The first-order valence-electron chi connectivity index (χ1n) is 18.9. The van der Waals surface area contributed by atoms with E-state index in [0.717, 1.165) is 55.4 Å². The zero-order chi connectivity index (χ0) is 46.8. The van der Waals surface area contributed by atoms with Crippen molar-refractivity contribution in [2.75, 3.05) is 13.2 Å². The molecule has 0 aromatic heterocycles. The van der Waals surface area contributed by atoms with Crippen molar-refractivity contribution < 1.29 is 104 Å². The number of rotatable bonds is 16. The Balaban J connectivity index is 1.59. The van der Waals surface area contributed by atoms with Gasteiger partial charge in [-0.3, -0.25) is 38.4 Å². The molecule has 0 N–H and O–H groups in total. The Morgan fingerprint density at radius 1 is 0.413 bits per heavy atom. The molecule has 2 saturated heterocycles. The second-order valence-corrected chi connectivity index (χ2v) is 15.8. The van der Waals surface area contributed by atoms with E-state index in [1.54, 1.807) is 0 Å². The van der Waals surface area contributed by atoms with E-state index in [1.807, 2.05) is 0 Å². The van der Waals surface area contributed by atoms with Crippen molar-refractivity contribution in [3.63, 3.8) is 0 Å². The van der Waals surface area contributed by atoms with Crippen molar-refractivity contribution in [3.05, 3.63) is 48.5 Å². The zero-order valence-corrected chi connectivity index (χ0v) is 36.0. The van der Waals surface area contributed by atoms with Crippen LogP contribution in [0.4, 0.5) is 0 Å². The van der Waals surface area contributed by atoms with Crippen LogP contribution < -0.4 is 9.47 Å². The van der Waals surface area contributed by atoms with E-state index in [-0.39, 0.29) is 21.3 Å². The first-order valence-corrected chi connectivity index (χ1v) is 20.4. The number of ether oxygens (including phenoxy) is 12. The highest BCUT2D eigenvalue weighted by molar-refractivity contribution is 7.91. The highest BCUT2D eigenvalue weighted by Gasteiger charge is 2.55. The zero-order valence-electron chi connectivity index (χ0n) is 35.2. The van der Waals surface area contributed by atoms with Gasteiger partial charge in [0.1, 0.15) is 36.9 Å². The van der Waals surface area contributed by atoms with Crippen LogP contribution in [0, 0.1) is 0 Å². The van der Waals surface area contributed by atoms with E-state index in [0.29, 0.717) is 0 Å². The minimum Gasteiger partial charge on any atom is -0.463 e. The lowest BCUT2D eigenvalue weighted by Crippen LogP contribution is -2.63. The Kier molecular flexibility index (Phi) is 16.9. The summed E-state index contributed by atoms with van der Waals surface area (Å²) in [5.74, 6) is -6.55. The van der Waals surface area contributed by atoms with Gasteiger partial charge in [-0.15, -0.1) is 0 Å². The van der Waals surface area contributed by atoms with Gasteiger partial charge < -0.3 is 56.8 Å². The normalized spacial score (nSPS) is 25.5. The number of sulfone groups is 1. The summed E-state index contributed by atoms with van der Waals surface area (Å²) < 4.78 is 93.7. The fourth-order valence-electron chi connectivity index (χ4n) is 6.37. The Morgan fingerprint density at radius 2 is 0.683 bits per heavy atom. The van der Waals surface area contributed by atoms with Crippen LogP contribution in [0.1, 0.15) is 55.4 Å². The van der Waals surface area contributed by atoms with Crippen LogP contribution in [-0.2, 0) is 95.6 Å². The molecule has 0 bridgehead atoms. The number of benzene rings is 2. The summed E-state index contributed by atoms with van der Waals surface area (Å²) in [5.41, 5.74) is 0. The quantitative estimate of drug-likeness (QED) is 0.170. The third-order valence-corrected chi connectivity index (χ3v) is 10.5. The molecule has 0 spiro atoms. The maximum atomic E-state index is 13.8. The maximum absolute atomic E-state index is 13.8. The van der Waals surface area contributed by atoms with Crippen molar-refractivity contribution in [1.29, 1.82) is 0 Å². The molecular formula is C40H46O22S. The van der Waals surface area contributed by atoms with Gasteiger partial charge in [0.15, 0.2) is 24.4 Å². The molecule has 2 unspecified atom stereocenters. The van der Waals surface area contributed by atoms with E-state index in [1.165, 1.54) is 48.5 Å². The van der Waals surface area contributed by atoms with E-state index in [2.05, 4.69) is 0 Å². The summed E-state index contributed by atoms with van der Waals surface area (Å²) in [7, 11) is -4.24. The molecule has 0 saturated carbocycles. The molecule has 2 aliphatic rings. The van der Waals surface area contributed by atoms with Crippen LogP contribution in [-0.4, -0.2) is 131 Å². The lowest BCUT2D eigenvalue weighted by Gasteiger charge is -2.43. The van der Waals surface area contributed by atoms with Gasteiger partial charge in [-0.25, -0.2) is 8.42 Å². The summed E-state index contributed by atoms with van der Waals surface area (Å²) in [6.45, 7) is 7.62. The van der Waals surface area contributed by atoms with Crippen molar-refractivity contribution in [1.82, 2.24) is 0 Å². The highest BCUT2D eigenvalue weighted by atomic mass is 32.2. The second kappa shape index (κ2) is 21.6. The van der Waals surface area contributed by atoms with Crippen LogP contribution in [0.3, 0.4) is 0 Å². The molecule has 4 rings (SSSR count). The summed E-state index contributed by atoms with van der Waals surface area (Å²) in [5, 5.41) is 0. The maximum Gasteiger partial charge on any atom is 0.303 e. The van der Waals surface area contributed by atoms with E-state index >= 15 is 0 Å². The SMILES string of the molecule is CC(=O)OC[C@H]1OC(Oc2ccc(S(=O)(=O)c3ccc(OC4O[C@H](COC(C)=O)[C@@H](OC(C)=O)[C@H](OC(C)=O)[C@H]4OC(C)=O)cc3)cc2)[C@H](OC(C)=O)[C@@H](OC(C)=O)[C@@H]1OC(C)=O. The summed E-state index contributed by atoms with van der Waals surface area (Å²) in [6, 6.07) is 9.78. The fraction of sp³-hybridized carbons (Fsp3) is 0.500. The van der Waals surface area contributed by atoms with Crippen molar-refractivity contribution in [2.45, 2.75) is 127 Å². The van der Waals surface area contributed by atoms with Crippen LogP contribution in [0.5, 0.6) is 11.5 Å². The molecule has 2 aromatic rings. The first-order chi connectivity index (χ1) is 29.5. The topological polar surface area (TPSA) is 281 Å². The van der Waals surface area contributed by atoms with Crippen molar-refractivity contribution in [2.24, 2.45) is 0 Å². The molecule has 0 aliphatic carbocycles. The minimum absolute atomic E-state index is 0.0246. The van der Waals surface area contributed by atoms with Crippen LogP contribution in [0.2, 0.25) is 0 Å². The average Bonchev–Trinajstić information content (AvgIpc) is 3.17. The Bertz CT molecular complexity index is 1970. The van der Waals surface area contributed by atoms with Crippen molar-refractivity contribution >= 4 is 57.6 Å². The van der Waals surface area contributed by atoms with Gasteiger partial charge in [-0.2, -0.15) is 0 Å². The van der Waals surface area contributed by atoms with Gasteiger partial charge >= 0.3 is 47.8 Å². The van der Waals surface area contributed by atoms with Gasteiger partial charge in [0.05, 0.1) is 9.79 Å². The highest BCUT2D eigenvalue weighted by Crippen LogP contribution is 2.34. The number of hydrogen-bond donors (Lipinski definition) is 0. The molecule has 2 fully saturated rings. The number of carbonyl (C=O) groups excluding carboxylic acids is 8. The number of carbonyl (C=O) groups is 8. The number of hydrogen-bond acceptors (Lipinski definition) is 22. The molecule has 10 atom stereocenters. The molecule has 63 heavy (non-hydrogen) atoms. The van der Waals surface area contributed by atoms with E-state index < -0.39 is 132 Å². The lowest BCUT2D eigenvalue weighted by atomic mass is 9.98. The smallest absolute Gasteiger partial charge is 0.303 e. The molecule has 2 heterocycles. The molecule has 2 aromatic carbocycles. The molecular weight excluding hydrogens is 864 g/mol. The van der Waals surface area contributed by atoms with Gasteiger partial charge in [-0.05, 0) is 48.5 Å². The predicted molar refractivity (Wildman–Crippen MR) is 204 cm³/mol. The molecule has 0 amide bonds. The fourth-order valence-corrected chi connectivity index (χ4v) is 7.63. The third-order valence-electron chi connectivity index (χ3n) is 8.67. The van der Waals surface area contributed by atoms with Crippen LogP contribution in [0.25, 0.3) is 0 Å². The van der Waals surface area contributed by atoms with Crippen LogP contribution >= 0.6 is 0 Å². The summed E-state index contributed by atoms with van der Waals surface area (Å²) >= 11 is 0. The Hall–Kier alpha value is -6.33. The largest absolute Gasteiger partial charge is 0.463 e. The Morgan fingerprint density at radius 3 is 0.952 bits per heavy atom. The summed E-state index contributed by atoms with van der Waals surface area (Å²) in [4.78, 5) is 95.6. The van der Waals surface area contributed by atoms with Gasteiger partial charge in [-0.1, -0.05) is 0 Å². The van der Waals surface area contributed by atoms with Gasteiger partial charge in [0.25, 0.3) is 0 Å². The first kappa shape index (κ1) is 49.3. The monoisotopic (exact) mass is 910 g/mol. The van der Waals surface area contributed by atoms with Crippen LogP contribution in [0.15, 0.2) is 58.3 Å². The predicted octanol–water partition coefficient (Wildman–Crippen LogP) is 1.44. The molecule has 22 nitrogen and oxygen atoms in total. The summed E-state index contributed by atoms with van der Waals surface area (Å²) in [6.07, 6.45) is -14.7. The minimum atomic E-state index is -4.24. The Labute approximate surface area is 360 Å². The molecule has 344 valence electrons. The van der Waals surface area contributed by atoms with Gasteiger partial charge in [0, 0.05) is 55.4 Å². The standard InChI is InChI=1S/C40H46O22S/c1-19(41)51-17-31-33(53-21(3)43)35(55-23(5)45)37(57-25(7)47)39(61-31)59-27-9-13-29(14-10-27)63(49,50)30-15-11-28(12-16-30)60-40-38(58-26(8)48)36(56-24(6)46)34(54-22(4)44)32(62-40)18-52-20(2)42/h9-16,31-40H,17-18H2,1-8H3/t31-,32-,33-,34-,35+,36+,37-,38-,39?,40?/m1/s1. The molecule has 23 heteroatoms. The molecule has 2 aliphatic heterocycles. The average molecular weight is 911 g/mol. The second-order valence-electron chi connectivity index (χ2n) is 13.8. The third kappa shape index (κ3) is 13.8. The lowest BCUT2D eigenvalue weighted by molar-refractivity contribution is -0.288. The van der Waals surface area contributed by atoms with Gasteiger partial charge in [0.2, 0.25) is 34.6 Å². The number of esters is 8.